The van der Waals surface area contributed by atoms with Crippen LogP contribution in [0.2, 0.25) is 0 Å². The molecule has 1 atom stereocenters. The molecule has 0 radical (unpaired) electrons. The van der Waals surface area contributed by atoms with Crippen LogP contribution in [0, 0.1) is 18.3 Å². The lowest BCUT2D eigenvalue weighted by Crippen LogP contribution is -2.05. The molecule has 0 saturated carbocycles. The second-order valence-electron chi connectivity index (χ2n) is 2.22. The normalized spacial score (nSPS) is 12.5. The van der Waals surface area contributed by atoms with E-state index in [1.165, 1.54) is 0 Å². The van der Waals surface area contributed by atoms with E-state index in [1.807, 2.05) is 19.9 Å². The summed E-state index contributed by atoms with van der Waals surface area (Å²) in [7, 11) is 0. The number of aryl methyl sites for hydroxylation is 1. The smallest absolute Gasteiger partial charge is 0.136 e. The zero-order valence-electron chi connectivity index (χ0n) is 6.07. The Bertz CT molecular complexity index is 256. The van der Waals surface area contributed by atoms with Crippen molar-refractivity contribution < 1.29 is 0 Å². The maximum absolute atomic E-state index is 8.52. The predicted molar refractivity (Wildman–Crippen MR) is 37.3 cm³/mol. The van der Waals surface area contributed by atoms with Crippen LogP contribution in [0.15, 0.2) is 12.3 Å². The summed E-state index contributed by atoms with van der Waals surface area (Å²) < 4.78 is 1.69. The van der Waals surface area contributed by atoms with Crippen LogP contribution in [-0.4, -0.2) is 9.78 Å². The fraction of sp³-hybridized carbons (Fsp3) is 0.429. The van der Waals surface area contributed by atoms with Gasteiger partial charge in [0.2, 0.25) is 0 Å². The Labute approximate surface area is 59.9 Å². The van der Waals surface area contributed by atoms with E-state index in [4.69, 9.17) is 5.26 Å². The summed E-state index contributed by atoms with van der Waals surface area (Å²) in [4.78, 5) is 0. The van der Waals surface area contributed by atoms with E-state index in [9.17, 15) is 0 Å². The Balaban J connectivity index is 2.96. The summed E-state index contributed by atoms with van der Waals surface area (Å²) in [5, 5.41) is 12.5. The number of nitriles is 1. The van der Waals surface area contributed by atoms with E-state index in [0.717, 1.165) is 5.69 Å². The molecular formula is C7H9N3. The van der Waals surface area contributed by atoms with Crippen molar-refractivity contribution >= 4 is 0 Å². The first-order chi connectivity index (χ1) is 4.75. The highest BCUT2D eigenvalue weighted by Crippen LogP contribution is 2.05. The number of hydrogen-bond acceptors (Lipinski definition) is 2. The molecule has 3 nitrogen and oxygen atoms in total. The Morgan fingerprint density at radius 3 is 2.90 bits per heavy atom. The van der Waals surface area contributed by atoms with Crippen molar-refractivity contribution in [2.75, 3.05) is 0 Å². The van der Waals surface area contributed by atoms with Gasteiger partial charge in [-0.05, 0) is 19.9 Å². The molecule has 1 rings (SSSR count). The average Bonchev–Trinajstić information content (AvgIpc) is 2.34. The molecule has 1 heterocycles. The van der Waals surface area contributed by atoms with Gasteiger partial charge < -0.3 is 0 Å². The molecule has 3 heteroatoms. The number of nitrogens with zero attached hydrogens (tertiary/aromatic N) is 3. The van der Waals surface area contributed by atoms with Crippen molar-refractivity contribution in [2.24, 2.45) is 0 Å². The van der Waals surface area contributed by atoms with E-state index in [-0.39, 0.29) is 6.04 Å². The van der Waals surface area contributed by atoms with E-state index >= 15 is 0 Å². The molecule has 1 unspecified atom stereocenters. The van der Waals surface area contributed by atoms with Crippen molar-refractivity contribution in [2.45, 2.75) is 19.9 Å². The molecule has 0 aromatic carbocycles. The van der Waals surface area contributed by atoms with Crippen LogP contribution in [0.1, 0.15) is 18.7 Å². The van der Waals surface area contributed by atoms with Gasteiger partial charge in [-0.2, -0.15) is 10.4 Å². The van der Waals surface area contributed by atoms with Crippen molar-refractivity contribution in [3.8, 4) is 6.07 Å². The zero-order chi connectivity index (χ0) is 7.56. The molecule has 0 spiro atoms. The third kappa shape index (κ3) is 1.01. The minimum atomic E-state index is -0.157. The Morgan fingerprint density at radius 1 is 1.80 bits per heavy atom. The maximum Gasteiger partial charge on any atom is 0.136 e. The van der Waals surface area contributed by atoms with Crippen LogP contribution in [0.5, 0.6) is 0 Å². The van der Waals surface area contributed by atoms with Gasteiger partial charge in [0.1, 0.15) is 6.04 Å². The molecule has 0 aliphatic heterocycles. The van der Waals surface area contributed by atoms with Gasteiger partial charge in [-0.3, -0.25) is 4.68 Å². The van der Waals surface area contributed by atoms with Gasteiger partial charge in [-0.15, -0.1) is 0 Å². The fourth-order valence-electron chi connectivity index (χ4n) is 0.841. The highest BCUT2D eigenvalue weighted by atomic mass is 15.3. The van der Waals surface area contributed by atoms with Gasteiger partial charge in [0.15, 0.2) is 0 Å². The second kappa shape index (κ2) is 2.53. The first-order valence-corrected chi connectivity index (χ1v) is 3.15. The molecule has 1 aromatic heterocycles. The highest BCUT2D eigenvalue weighted by molar-refractivity contribution is 5.01. The molecule has 0 aliphatic rings. The molecule has 0 N–H and O–H groups in total. The number of hydrogen-bond donors (Lipinski definition) is 0. The van der Waals surface area contributed by atoms with Crippen LogP contribution in [-0.2, 0) is 0 Å². The first-order valence-electron chi connectivity index (χ1n) is 3.15. The predicted octanol–water partition coefficient (Wildman–Crippen LogP) is 1.28. The number of aromatic nitrogens is 2. The van der Waals surface area contributed by atoms with Crippen LogP contribution in [0.25, 0.3) is 0 Å². The summed E-state index contributed by atoms with van der Waals surface area (Å²) in [5.74, 6) is 0. The monoisotopic (exact) mass is 135 g/mol. The molecule has 10 heavy (non-hydrogen) atoms. The molecule has 0 amide bonds. The van der Waals surface area contributed by atoms with Crippen molar-refractivity contribution in [3.05, 3.63) is 18.0 Å². The molecule has 1 aromatic rings. The zero-order valence-corrected chi connectivity index (χ0v) is 6.07. The lowest BCUT2D eigenvalue weighted by molar-refractivity contribution is 0.575. The van der Waals surface area contributed by atoms with Crippen LogP contribution in [0.4, 0.5) is 0 Å². The third-order valence-corrected chi connectivity index (χ3v) is 1.42. The van der Waals surface area contributed by atoms with Crippen molar-refractivity contribution in [1.82, 2.24) is 9.78 Å². The molecule has 0 saturated heterocycles. The van der Waals surface area contributed by atoms with Gasteiger partial charge in [-0.1, -0.05) is 0 Å². The number of rotatable bonds is 1. The molecule has 0 aliphatic carbocycles. The lowest BCUT2D eigenvalue weighted by atomic mass is 10.3. The Kier molecular flexibility index (Phi) is 1.72. The quantitative estimate of drug-likeness (QED) is 0.582. The summed E-state index contributed by atoms with van der Waals surface area (Å²) in [6.45, 7) is 3.75. The van der Waals surface area contributed by atoms with Crippen molar-refractivity contribution in [1.29, 1.82) is 5.26 Å². The van der Waals surface area contributed by atoms with Gasteiger partial charge >= 0.3 is 0 Å². The average molecular weight is 135 g/mol. The van der Waals surface area contributed by atoms with Gasteiger partial charge in [0.25, 0.3) is 0 Å². The minimum Gasteiger partial charge on any atom is -0.253 e. The standard InChI is InChI=1S/C7H9N3/c1-6-3-4-9-10(6)7(2)5-8/h3-4,7H,1-2H3. The summed E-state index contributed by atoms with van der Waals surface area (Å²) >= 11 is 0. The fourth-order valence-corrected chi connectivity index (χ4v) is 0.841. The van der Waals surface area contributed by atoms with Crippen LogP contribution in [0.3, 0.4) is 0 Å². The SMILES string of the molecule is Cc1ccnn1C(C)C#N. The molecular weight excluding hydrogens is 126 g/mol. The largest absolute Gasteiger partial charge is 0.253 e. The van der Waals surface area contributed by atoms with Crippen molar-refractivity contribution in [3.63, 3.8) is 0 Å². The maximum atomic E-state index is 8.52. The molecule has 0 bridgehead atoms. The Morgan fingerprint density at radius 2 is 2.50 bits per heavy atom. The van der Waals surface area contributed by atoms with Crippen LogP contribution >= 0.6 is 0 Å². The lowest BCUT2D eigenvalue weighted by Gasteiger charge is -2.03. The van der Waals surface area contributed by atoms with Gasteiger partial charge in [-0.25, -0.2) is 0 Å². The topological polar surface area (TPSA) is 41.6 Å². The highest BCUT2D eigenvalue weighted by Gasteiger charge is 2.03. The second-order valence-corrected chi connectivity index (χ2v) is 2.22. The molecule has 0 fully saturated rings. The van der Waals surface area contributed by atoms with Gasteiger partial charge in [0.05, 0.1) is 6.07 Å². The summed E-state index contributed by atoms with van der Waals surface area (Å²) in [6, 6.07) is 3.83. The van der Waals surface area contributed by atoms with Crippen LogP contribution < -0.4 is 0 Å². The molecule has 52 valence electrons. The summed E-state index contributed by atoms with van der Waals surface area (Å²) in [6.07, 6.45) is 1.70. The van der Waals surface area contributed by atoms with Gasteiger partial charge in [0, 0.05) is 11.9 Å². The minimum absolute atomic E-state index is 0.157. The third-order valence-electron chi connectivity index (χ3n) is 1.42. The summed E-state index contributed by atoms with van der Waals surface area (Å²) in [5.41, 5.74) is 1.02. The van der Waals surface area contributed by atoms with E-state index in [2.05, 4.69) is 11.2 Å². The Hall–Kier alpha value is -1.30. The van der Waals surface area contributed by atoms with E-state index in [1.54, 1.807) is 10.9 Å². The van der Waals surface area contributed by atoms with E-state index < -0.39 is 0 Å². The first kappa shape index (κ1) is 6.81. The van der Waals surface area contributed by atoms with E-state index in [0.29, 0.717) is 0 Å².